The summed E-state index contributed by atoms with van der Waals surface area (Å²) in [5, 5.41) is 45.2. The number of nitrogens with zero attached hydrogens (tertiary/aromatic N) is 1. The molecule has 0 aromatic heterocycles. The zero-order valence-corrected chi connectivity index (χ0v) is 15.9. The second kappa shape index (κ2) is 9.69. The molecule has 1 aliphatic rings. The third-order valence-electron chi connectivity index (χ3n) is 4.10. The van der Waals surface area contributed by atoms with Crippen molar-refractivity contribution in [1.29, 1.82) is 0 Å². The number of hydrogen-bond acceptors (Lipinski definition) is 6. The van der Waals surface area contributed by atoms with Crippen LogP contribution >= 0.6 is 0 Å². The topological polar surface area (TPSA) is 111 Å². The van der Waals surface area contributed by atoms with Crippen molar-refractivity contribution >= 4 is 5.71 Å². The monoisotopic (exact) mass is 418 g/mol. The maximum Gasteiger partial charge on any atom is 2.00 e. The molecule has 0 spiro atoms. The molecule has 28 heavy (non-hydrogen) atoms. The summed E-state index contributed by atoms with van der Waals surface area (Å²) in [6.45, 7) is 0.533. The van der Waals surface area contributed by atoms with Gasteiger partial charge in [-0.2, -0.15) is 5.95 Å². The largest absolute Gasteiger partial charge is 2.00 e. The summed E-state index contributed by atoms with van der Waals surface area (Å²) in [4.78, 5) is 4.47. The molecule has 7 heteroatoms. The molecule has 0 saturated carbocycles. The smallest absolute Gasteiger partial charge is 0.884 e. The van der Waals surface area contributed by atoms with Crippen molar-refractivity contribution in [3.63, 3.8) is 0 Å². The number of phenols is 2. The summed E-state index contributed by atoms with van der Waals surface area (Å²) in [7, 11) is 0. The van der Waals surface area contributed by atoms with Gasteiger partial charge in [-0.15, -0.1) is 0 Å². The number of rotatable bonds is 5. The molecule has 0 heterocycles. The molecular formula is C21H18FeN2O4. The van der Waals surface area contributed by atoms with E-state index >= 15 is 0 Å². The summed E-state index contributed by atoms with van der Waals surface area (Å²) in [5.41, 5.74) is 2.39. The SMILES string of the molecule is [Fe+2].[O-]C([O-])=C1C=CC(=NCc2ccccc2O)C(NCc2ccccc2O)=C1. The Labute approximate surface area is 173 Å². The van der Waals surface area contributed by atoms with Gasteiger partial charge in [0, 0.05) is 17.7 Å². The summed E-state index contributed by atoms with van der Waals surface area (Å²) >= 11 is 0. The Morgan fingerprint density at radius 2 is 1.50 bits per heavy atom. The van der Waals surface area contributed by atoms with Crippen molar-refractivity contribution in [3.8, 4) is 11.5 Å². The predicted molar refractivity (Wildman–Crippen MR) is 98.4 cm³/mol. The van der Waals surface area contributed by atoms with Crippen LogP contribution < -0.4 is 15.5 Å². The maximum absolute atomic E-state index is 11.2. The Morgan fingerprint density at radius 3 is 2.11 bits per heavy atom. The second-order valence-corrected chi connectivity index (χ2v) is 5.95. The molecule has 0 fully saturated rings. The predicted octanol–water partition coefficient (Wildman–Crippen LogP) is 1.21. The Morgan fingerprint density at radius 1 is 0.893 bits per heavy atom. The first-order valence-electron chi connectivity index (χ1n) is 8.35. The van der Waals surface area contributed by atoms with Gasteiger partial charge in [0.25, 0.3) is 0 Å². The van der Waals surface area contributed by atoms with E-state index in [2.05, 4.69) is 10.3 Å². The van der Waals surface area contributed by atoms with Crippen molar-refractivity contribution in [2.75, 3.05) is 0 Å². The molecule has 0 atom stereocenters. The Kier molecular flexibility index (Phi) is 7.32. The fourth-order valence-corrected chi connectivity index (χ4v) is 2.61. The van der Waals surface area contributed by atoms with Crippen LogP contribution in [-0.4, -0.2) is 15.9 Å². The van der Waals surface area contributed by atoms with Crippen LogP contribution in [0.2, 0.25) is 0 Å². The molecule has 0 bridgehead atoms. The van der Waals surface area contributed by atoms with Crippen LogP contribution in [0.25, 0.3) is 0 Å². The molecule has 0 saturated heterocycles. The van der Waals surface area contributed by atoms with Crippen LogP contribution in [-0.2, 0) is 30.2 Å². The van der Waals surface area contributed by atoms with Gasteiger partial charge in [0.2, 0.25) is 0 Å². The molecule has 0 aliphatic heterocycles. The summed E-state index contributed by atoms with van der Waals surface area (Å²) < 4.78 is 0. The normalized spacial score (nSPS) is 14.4. The van der Waals surface area contributed by atoms with E-state index < -0.39 is 5.95 Å². The van der Waals surface area contributed by atoms with Gasteiger partial charge in [-0.05, 0) is 29.9 Å². The number of aromatic hydroxyl groups is 2. The third kappa shape index (κ3) is 5.19. The molecule has 3 rings (SSSR count). The van der Waals surface area contributed by atoms with Crippen molar-refractivity contribution in [1.82, 2.24) is 5.32 Å². The van der Waals surface area contributed by atoms with E-state index in [-0.39, 0.29) is 40.7 Å². The van der Waals surface area contributed by atoms with Crippen molar-refractivity contribution in [2.24, 2.45) is 4.99 Å². The second-order valence-electron chi connectivity index (χ2n) is 5.95. The van der Waals surface area contributed by atoms with Gasteiger partial charge >= 0.3 is 17.1 Å². The first-order chi connectivity index (χ1) is 13.0. The Bertz CT molecular complexity index is 960. The summed E-state index contributed by atoms with van der Waals surface area (Å²) in [5.74, 6) is -0.988. The number of nitrogens with one attached hydrogen (secondary N) is 1. The van der Waals surface area contributed by atoms with Crippen molar-refractivity contribution < 1.29 is 37.5 Å². The molecule has 3 N–H and O–H groups in total. The van der Waals surface area contributed by atoms with Gasteiger partial charge in [-0.1, -0.05) is 42.5 Å². The van der Waals surface area contributed by atoms with Gasteiger partial charge in [0.1, 0.15) is 11.5 Å². The number of para-hydroxylation sites is 2. The number of phenolic OH excluding ortho intramolecular Hbond substituents is 2. The average Bonchev–Trinajstić information content (AvgIpc) is 2.67. The van der Waals surface area contributed by atoms with Crippen LogP contribution in [0.15, 0.2) is 89.0 Å². The minimum absolute atomic E-state index is 0. The molecule has 6 nitrogen and oxygen atoms in total. The first kappa shape index (κ1) is 21.2. The molecule has 0 unspecified atom stereocenters. The van der Waals surface area contributed by atoms with Crippen molar-refractivity contribution in [2.45, 2.75) is 13.1 Å². The Balaban J connectivity index is 0.00000280. The fourth-order valence-electron chi connectivity index (χ4n) is 2.61. The quantitative estimate of drug-likeness (QED) is 0.500. The maximum atomic E-state index is 11.2. The minimum Gasteiger partial charge on any atom is -0.884 e. The number of allylic oxidation sites excluding steroid dienone is 4. The van der Waals surface area contributed by atoms with Gasteiger partial charge in [0.05, 0.1) is 18.0 Å². The molecule has 0 amide bonds. The number of benzene rings is 2. The van der Waals surface area contributed by atoms with E-state index in [9.17, 15) is 20.4 Å². The molecular weight excluding hydrogens is 400 g/mol. The molecule has 1 aliphatic carbocycles. The van der Waals surface area contributed by atoms with Crippen molar-refractivity contribution in [3.05, 3.63) is 95.1 Å². The van der Waals surface area contributed by atoms with E-state index in [0.29, 0.717) is 29.1 Å². The number of hydrogen-bond donors (Lipinski definition) is 3. The molecule has 2 aromatic rings. The zero-order valence-electron chi connectivity index (χ0n) is 14.8. The Hall–Kier alpha value is -3.15. The first-order valence-corrected chi connectivity index (χ1v) is 8.35. The van der Waals surface area contributed by atoms with E-state index in [1.807, 2.05) is 0 Å². The van der Waals surface area contributed by atoms with Gasteiger partial charge < -0.3 is 25.7 Å². The molecule has 144 valence electrons. The van der Waals surface area contributed by atoms with E-state index in [1.54, 1.807) is 54.6 Å². The zero-order chi connectivity index (χ0) is 19.2. The van der Waals surface area contributed by atoms with Crippen LogP contribution in [0.1, 0.15) is 11.1 Å². The molecule has 0 radical (unpaired) electrons. The minimum atomic E-state index is -1.28. The standard InChI is InChI=1S/C21H20N2O4.Fe/c24-19-7-3-1-5-15(19)12-22-17-10-9-14(21(26)27)11-18(17)23-13-16-6-2-4-8-20(16)25;/h1-11,23-27H,12-13H2;/q;+2/p-2. The van der Waals surface area contributed by atoms with E-state index in [4.69, 9.17) is 0 Å². The fraction of sp³-hybridized carbons (Fsp3) is 0.0952. The van der Waals surface area contributed by atoms with Crippen LogP contribution in [0, 0.1) is 0 Å². The van der Waals surface area contributed by atoms with Gasteiger partial charge in [-0.3, -0.25) is 4.99 Å². The van der Waals surface area contributed by atoms with Gasteiger partial charge in [0.15, 0.2) is 0 Å². The van der Waals surface area contributed by atoms with Gasteiger partial charge in [-0.25, -0.2) is 0 Å². The van der Waals surface area contributed by atoms with E-state index in [0.717, 1.165) is 0 Å². The third-order valence-corrected chi connectivity index (χ3v) is 4.10. The number of aliphatic imine (C=N–C) groups is 1. The molecule has 2 aromatic carbocycles. The summed E-state index contributed by atoms with van der Waals surface area (Å²) in [6.07, 6.45) is 4.45. The van der Waals surface area contributed by atoms with Crippen LogP contribution in [0.4, 0.5) is 0 Å². The summed E-state index contributed by atoms with van der Waals surface area (Å²) in [6, 6.07) is 13.8. The van der Waals surface area contributed by atoms with E-state index in [1.165, 1.54) is 12.2 Å². The average molecular weight is 418 g/mol. The van der Waals surface area contributed by atoms with Crippen LogP contribution in [0.5, 0.6) is 11.5 Å². The van der Waals surface area contributed by atoms with Crippen LogP contribution in [0.3, 0.4) is 0 Å².